The van der Waals surface area contributed by atoms with Gasteiger partial charge in [0.05, 0.1) is 16.6 Å². The molecule has 10 aromatic rings. The summed E-state index contributed by atoms with van der Waals surface area (Å²) in [6.07, 6.45) is 0. The van der Waals surface area contributed by atoms with Crippen LogP contribution in [-0.2, 0) is 0 Å². The number of para-hydroxylation sites is 1. The van der Waals surface area contributed by atoms with Crippen molar-refractivity contribution in [1.82, 2.24) is 4.40 Å². The van der Waals surface area contributed by atoms with Gasteiger partial charge in [-0.1, -0.05) is 146 Å². The van der Waals surface area contributed by atoms with Crippen LogP contribution in [0, 0.1) is 0 Å². The maximum atomic E-state index is 2.46. The highest BCUT2D eigenvalue weighted by molar-refractivity contribution is 6.24. The Kier molecular flexibility index (Phi) is 6.25. The van der Waals surface area contributed by atoms with E-state index in [4.69, 9.17) is 0 Å². The van der Waals surface area contributed by atoms with Gasteiger partial charge in [0.2, 0.25) is 0 Å². The summed E-state index contributed by atoms with van der Waals surface area (Å²) in [4.78, 5) is 0. The average Bonchev–Trinajstić information content (AvgIpc) is 3.70. The van der Waals surface area contributed by atoms with Gasteiger partial charge in [0, 0.05) is 21.5 Å². The molecule has 2 heterocycles. The zero-order valence-electron chi connectivity index (χ0n) is 26.8. The van der Waals surface area contributed by atoms with Crippen LogP contribution in [0.3, 0.4) is 0 Å². The number of benzene rings is 8. The number of hydrogen-bond acceptors (Lipinski definition) is 0. The highest BCUT2D eigenvalue weighted by atomic mass is 14.9. The molecule has 0 fully saturated rings. The molecule has 0 N–H and O–H groups in total. The van der Waals surface area contributed by atoms with Crippen molar-refractivity contribution in [2.75, 3.05) is 0 Å². The standard InChI is InChI=1S/C48H31N/c1-3-11-32(12-4-1)34-15-7-16-35(27-34)36-17-8-18-37(28-36)38-19-9-20-39(29-38)41-24-26-47-45(31-41)43-22-10-21-42-44-30-40(33-13-5-2-6-14-33)23-25-46(44)49(47)48(42)43/h1-31H. The third-order valence-corrected chi connectivity index (χ3v) is 10.1. The van der Waals surface area contributed by atoms with Gasteiger partial charge >= 0.3 is 0 Å². The molecule has 0 saturated heterocycles. The summed E-state index contributed by atoms with van der Waals surface area (Å²) in [7, 11) is 0. The first kappa shape index (κ1) is 27.7. The quantitative estimate of drug-likeness (QED) is 0.180. The maximum Gasteiger partial charge on any atom is 0.0620 e. The Balaban J connectivity index is 1.04. The molecule has 0 aliphatic rings. The Morgan fingerprint density at radius 2 is 0.551 bits per heavy atom. The molecule has 0 atom stereocenters. The highest BCUT2D eigenvalue weighted by Gasteiger charge is 2.18. The van der Waals surface area contributed by atoms with Crippen LogP contribution in [0.2, 0.25) is 0 Å². The molecular weight excluding hydrogens is 591 g/mol. The summed E-state index contributed by atoms with van der Waals surface area (Å²) in [5.74, 6) is 0. The summed E-state index contributed by atoms with van der Waals surface area (Å²) in [6.45, 7) is 0. The molecule has 0 bridgehead atoms. The van der Waals surface area contributed by atoms with E-state index in [1.807, 2.05) is 0 Å². The fourth-order valence-electron chi connectivity index (χ4n) is 7.74. The molecule has 10 rings (SSSR count). The fraction of sp³-hybridized carbons (Fsp3) is 0. The van der Waals surface area contributed by atoms with Crippen molar-refractivity contribution in [3.05, 3.63) is 188 Å². The second kappa shape index (κ2) is 11.1. The number of rotatable bonds is 5. The molecule has 49 heavy (non-hydrogen) atoms. The van der Waals surface area contributed by atoms with E-state index in [0.717, 1.165) is 0 Å². The summed E-state index contributed by atoms with van der Waals surface area (Å²) in [5, 5.41) is 5.19. The van der Waals surface area contributed by atoms with E-state index in [1.165, 1.54) is 93.7 Å². The van der Waals surface area contributed by atoms with E-state index >= 15 is 0 Å². The largest absolute Gasteiger partial charge is 0.308 e. The molecule has 228 valence electrons. The zero-order chi connectivity index (χ0) is 32.3. The van der Waals surface area contributed by atoms with Gasteiger partial charge in [0.25, 0.3) is 0 Å². The maximum absolute atomic E-state index is 2.46. The van der Waals surface area contributed by atoms with Crippen molar-refractivity contribution < 1.29 is 0 Å². The van der Waals surface area contributed by atoms with Crippen molar-refractivity contribution in [2.24, 2.45) is 0 Å². The topological polar surface area (TPSA) is 4.41 Å². The van der Waals surface area contributed by atoms with Gasteiger partial charge in [-0.25, -0.2) is 0 Å². The first-order chi connectivity index (χ1) is 24.3. The summed E-state index contributed by atoms with van der Waals surface area (Å²) < 4.78 is 2.46. The minimum Gasteiger partial charge on any atom is -0.308 e. The summed E-state index contributed by atoms with van der Waals surface area (Å²) in [5.41, 5.74) is 16.1. The van der Waals surface area contributed by atoms with Gasteiger partial charge in [0.1, 0.15) is 0 Å². The molecule has 1 heteroatoms. The van der Waals surface area contributed by atoms with Crippen LogP contribution in [-0.4, -0.2) is 4.40 Å². The molecule has 0 saturated carbocycles. The number of aromatic nitrogens is 1. The molecule has 0 spiro atoms. The van der Waals surface area contributed by atoms with Crippen LogP contribution in [0.4, 0.5) is 0 Å². The van der Waals surface area contributed by atoms with E-state index in [1.54, 1.807) is 0 Å². The van der Waals surface area contributed by atoms with Crippen LogP contribution in [0.5, 0.6) is 0 Å². The first-order valence-electron chi connectivity index (χ1n) is 16.9. The normalized spacial score (nSPS) is 11.7. The Morgan fingerprint density at radius 1 is 0.224 bits per heavy atom. The zero-order valence-corrected chi connectivity index (χ0v) is 26.8. The van der Waals surface area contributed by atoms with Crippen LogP contribution in [0.25, 0.3) is 93.7 Å². The van der Waals surface area contributed by atoms with Gasteiger partial charge in [-0.05, 0) is 98.1 Å². The van der Waals surface area contributed by atoms with Gasteiger partial charge < -0.3 is 4.40 Å². The molecule has 0 aliphatic heterocycles. The second-order valence-electron chi connectivity index (χ2n) is 13.0. The predicted octanol–water partition coefficient (Wildman–Crippen LogP) is 13.2. The average molecular weight is 622 g/mol. The van der Waals surface area contributed by atoms with E-state index in [2.05, 4.69) is 192 Å². The first-order valence-corrected chi connectivity index (χ1v) is 16.9. The Hall–Kier alpha value is -6.44. The van der Waals surface area contributed by atoms with Crippen molar-refractivity contribution in [3.8, 4) is 55.6 Å². The number of nitrogens with zero attached hydrogens (tertiary/aromatic N) is 1. The minimum absolute atomic E-state index is 1.22. The van der Waals surface area contributed by atoms with E-state index in [0.29, 0.717) is 0 Å². The van der Waals surface area contributed by atoms with E-state index in [-0.39, 0.29) is 0 Å². The minimum atomic E-state index is 1.22. The Labute approximate surface area is 285 Å². The van der Waals surface area contributed by atoms with Crippen LogP contribution in [0.1, 0.15) is 0 Å². The molecule has 2 aromatic heterocycles. The van der Waals surface area contributed by atoms with Crippen molar-refractivity contribution in [2.45, 2.75) is 0 Å². The van der Waals surface area contributed by atoms with Gasteiger partial charge in [-0.2, -0.15) is 0 Å². The lowest BCUT2D eigenvalue weighted by atomic mass is 9.94. The highest BCUT2D eigenvalue weighted by Crippen LogP contribution is 2.41. The molecule has 0 unspecified atom stereocenters. The smallest absolute Gasteiger partial charge is 0.0620 e. The lowest BCUT2D eigenvalue weighted by molar-refractivity contribution is 1.37. The van der Waals surface area contributed by atoms with Crippen molar-refractivity contribution in [1.29, 1.82) is 0 Å². The second-order valence-corrected chi connectivity index (χ2v) is 13.0. The third kappa shape index (κ3) is 4.55. The van der Waals surface area contributed by atoms with Gasteiger partial charge in [0.15, 0.2) is 0 Å². The Morgan fingerprint density at radius 3 is 0.980 bits per heavy atom. The van der Waals surface area contributed by atoms with Crippen LogP contribution in [0.15, 0.2) is 188 Å². The molecule has 0 radical (unpaired) electrons. The Bertz CT molecular complexity index is 2810. The molecular formula is C48H31N. The van der Waals surface area contributed by atoms with Gasteiger partial charge in [-0.15, -0.1) is 0 Å². The molecule has 0 aliphatic carbocycles. The predicted molar refractivity (Wildman–Crippen MR) is 208 cm³/mol. The van der Waals surface area contributed by atoms with E-state index in [9.17, 15) is 0 Å². The van der Waals surface area contributed by atoms with Crippen molar-refractivity contribution >= 4 is 38.1 Å². The van der Waals surface area contributed by atoms with Gasteiger partial charge in [-0.3, -0.25) is 0 Å². The van der Waals surface area contributed by atoms with E-state index < -0.39 is 0 Å². The summed E-state index contributed by atoms with van der Waals surface area (Å²) in [6, 6.07) is 68.6. The molecule has 8 aromatic carbocycles. The number of hydrogen-bond donors (Lipinski definition) is 0. The molecule has 1 nitrogen and oxygen atoms in total. The van der Waals surface area contributed by atoms with Crippen LogP contribution < -0.4 is 0 Å². The monoisotopic (exact) mass is 621 g/mol. The fourth-order valence-corrected chi connectivity index (χ4v) is 7.74. The SMILES string of the molecule is c1ccc(-c2cccc(-c3cccc(-c4cccc(-c5ccc6c(c5)c5cccc7c8cc(-c9ccccc9)ccc8n6c75)c4)c3)c2)cc1. The number of fused-ring (bicyclic) bond motifs is 6. The summed E-state index contributed by atoms with van der Waals surface area (Å²) >= 11 is 0. The lowest BCUT2D eigenvalue weighted by Crippen LogP contribution is -1.85. The molecule has 0 amide bonds. The lowest BCUT2D eigenvalue weighted by Gasteiger charge is -2.10. The van der Waals surface area contributed by atoms with Crippen molar-refractivity contribution in [3.63, 3.8) is 0 Å². The van der Waals surface area contributed by atoms with Crippen LogP contribution >= 0.6 is 0 Å². The third-order valence-electron chi connectivity index (χ3n) is 10.1.